The molecule has 0 radical (unpaired) electrons. The van der Waals surface area contributed by atoms with Crippen LogP contribution in [0.2, 0.25) is 0 Å². The minimum absolute atomic E-state index is 0.164. The summed E-state index contributed by atoms with van der Waals surface area (Å²) in [6.07, 6.45) is 5.21. The van der Waals surface area contributed by atoms with Crippen LogP contribution in [0.25, 0.3) is 21.3 Å². The quantitative estimate of drug-likeness (QED) is 0.485. The molecular weight excluding hydrogens is 340 g/mol. The molecule has 0 bridgehead atoms. The van der Waals surface area contributed by atoms with Gasteiger partial charge >= 0.3 is 0 Å². The minimum Gasteiger partial charge on any atom is -0.403 e. The molecule has 4 aromatic rings. The second-order valence-corrected chi connectivity index (χ2v) is 6.77. The van der Waals surface area contributed by atoms with Crippen molar-refractivity contribution in [2.75, 3.05) is 0 Å². The van der Waals surface area contributed by atoms with Crippen LogP contribution < -0.4 is 17.0 Å². The Morgan fingerprint density at radius 3 is 3.04 bits per heavy atom. The molecule has 0 fully saturated rings. The van der Waals surface area contributed by atoms with Gasteiger partial charge in [0.1, 0.15) is 10.5 Å². The number of fused-ring (bicyclic) bond motifs is 3. The van der Waals surface area contributed by atoms with E-state index in [1.807, 2.05) is 13.1 Å². The summed E-state index contributed by atoms with van der Waals surface area (Å²) >= 11 is 1.50. The van der Waals surface area contributed by atoms with Crippen molar-refractivity contribution in [3.05, 3.63) is 51.4 Å². The third kappa shape index (κ3) is 2.47. The van der Waals surface area contributed by atoms with Crippen LogP contribution in [0.1, 0.15) is 10.7 Å². The van der Waals surface area contributed by atoms with E-state index in [9.17, 15) is 4.79 Å². The number of nitrogens with zero attached hydrogens (tertiary/aromatic N) is 5. The van der Waals surface area contributed by atoms with E-state index >= 15 is 0 Å². The Labute approximate surface area is 145 Å². The van der Waals surface area contributed by atoms with Gasteiger partial charge in [-0.05, 0) is 6.07 Å². The van der Waals surface area contributed by atoms with Gasteiger partial charge in [-0.2, -0.15) is 10.2 Å². The van der Waals surface area contributed by atoms with Crippen LogP contribution in [0.15, 0.2) is 35.2 Å². The first kappa shape index (κ1) is 15.4. The Bertz CT molecular complexity index is 1150. The third-order valence-corrected chi connectivity index (χ3v) is 5.10. The van der Waals surface area contributed by atoms with Gasteiger partial charge in [-0.25, -0.2) is 9.67 Å². The van der Waals surface area contributed by atoms with E-state index in [-0.39, 0.29) is 5.56 Å². The van der Waals surface area contributed by atoms with Gasteiger partial charge in [0.15, 0.2) is 5.65 Å². The van der Waals surface area contributed by atoms with E-state index in [0.29, 0.717) is 24.2 Å². The van der Waals surface area contributed by atoms with Crippen molar-refractivity contribution in [3.8, 4) is 0 Å². The van der Waals surface area contributed by atoms with Crippen molar-refractivity contribution in [1.82, 2.24) is 29.5 Å². The van der Waals surface area contributed by atoms with Crippen LogP contribution >= 0.6 is 11.3 Å². The van der Waals surface area contributed by atoms with E-state index < -0.39 is 0 Å². The number of allylic oxidation sites excluding steroid dienone is 1. The topological polar surface area (TPSA) is 133 Å². The zero-order chi connectivity index (χ0) is 17.6. The zero-order valence-electron chi connectivity index (χ0n) is 13.4. The fourth-order valence-corrected chi connectivity index (χ4v) is 3.93. The Morgan fingerprint density at radius 2 is 2.32 bits per heavy atom. The smallest absolute Gasteiger partial charge is 0.291 e. The van der Waals surface area contributed by atoms with E-state index in [2.05, 4.69) is 20.3 Å². The highest BCUT2D eigenvalue weighted by molar-refractivity contribution is 7.19. The Balaban J connectivity index is 1.85. The number of rotatable bonds is 4. The third-order valence-electron chi connectivity index (χ3n) is 4.02. The van der Waals surface area contributed by atoms with Crippen LogP contribution in [0.4, 0.5) is 0 Å². The van der Waals surface area contributed by atoms with Gasteiger partial charge < -0.3 is 16.0 Å². The number of nitrogens with two attached hydrogens (primary N) is 2. The lowest BCUT2D eigenvalue weighted by atomic mass is 10.3. The van der Waals surface area contributed by atoms with Crippen molar-refractivity contribution in [2.45, 2.75) is 13.0 Å². The number of aromatic nitrogens is 6. The number of thiazole rings is 1. The van der Waals surface area contributed by atoms with Crippen LogP contribution in [0.5, 0.6) is 0 Å². The first-order valence-electron chi connectivity index (χ1n) is 7.57. The molecule has 4 rings (SSSR count). The maximum absolute atomic E-state index is 12.8. The molecule has 0 aliphatic carbocycles. The number of nitrogens with one attached hydrogen (secondary N) is 1. The van der Waals surface area contributed by atoms with Crippen molar-refractivity contribution >= 4 is 32.6 Å². The molecular formula is C15H16N8OS. The van der Waals surface area contributed by atoms with E-state index in [1.165, 1.54) is 22.2 Å². The second-order valence-electron chi connectivity index (χ2n) is 5.69. The predicted molar refractivity (Wildman–Crippen MR) is 96.0 cm³/mol. The molecule has 9 nitrogen and oxygen atoms in total. The maximum atomic E-state index is 12.8. The van der Waals surface area contributed by atoms with Crippen LogP contribution in [-0.4, -0.2) is 29.5 Å². The predicted octanol–water partition coefficient (Wildman–Crippen LogP) is 0.417. The molecule has 25 heavy (non-hydrogen) atoms. The summed E-state index contributed by atoms with van der Waals surface area (Å²) in [4.78, 5) is 17.4. The summed E-state index contributed by atoms with van der Waals surface area (Å²) in [7, 11) is 1.83. The Morgan fingerprint density at radius 1 is 1.48 bits per heavy atom. The fourth-order valence-electron chi connectivity index (χ4n) is 2.79. The SMILES string of the molecule is Cn1c2nc(C/C(N)=C/N)sc2c2cnn(Cc3ccn[nH]3)c(=O)c21. The van der Waals surface area contributed by atoms with Crippen LogP contribution in [-0.2, 0) is 20.0 Å². The average Bonchev–Trinajstić information content (AvgIpc) is 3.29. The van der Waals surface area contributed by atoms with Crippen molar-refractivity contribution in [2.24, 2.45) is 18.5 Å². The zero-order valence-corrected chi connectivity index (χ0v) is 14.2. The molecule has 0 atom stereocenters. The molecule has 0 unspecified atom stereocenters. The lowest BCUT2D eigenvalue weighted by Crippen LogP contribution is -2.24. The molecule has 5 N–H and O–H groups in total. The number of aromatic amines is 1. The van der Waals surface area contributed by atoms with Gasteiger partial charge in [0.25, 0.3) is 5.56 Å². The van der Waals surface area contributed by atoms with Crippen LogP contribution in [0, 0.1) is 0 Å². The van der Waals surface area contributed by atoms with E-state index in [4.69, 9.17) is 11.5 Å². The van der Waals surface area contributed by atoms with Crippen molar-refractivity contribution in [1.29, 1.82) is 0 Å². The Kier molecular flexibility index (Phi) is 3.53. The second kappa shape index (κ2) is 5.74. The van der Waals surface area contributed by atoms with E-state index in [0.717, 1.165) is 26.4 Å². The van der Waals surface area contributed by atoms with Gasteiger partial charge in [0, 0.05) is 36.9 Å². The largest absolute Gasteiger partial charge is 0.403 e. The average molecular weight is 356 g/mol. The summed E-state index contributed by atoms with van der Waals surface area (Å²) in [6, 6.07) is 1.81. The lowest BCUT2D eigenvalue weighted by Gasteiger charge is -2.04. The molecule has 0 amide bonds. The maximum Gasteiger partial charge on any atom is 0.291 e. The van der Waals surface area contributed by atoms with Gasteiger partial charge in [0.2, 0.25) is 0 Å². The minimum atomic E-state index is -0.164. The van der Waals surface area contributed by atoms with E-state index in [1.54, 1.807) is 17.0 Å². The fraction of sp³-hybridized carbons (Fsp3) is 0.200. The summed E-state index contributed by atoms with van der Waals surface area (Å²) in [5.74, 6) is 0. The molecule has 10 heteroatoms. The van der Waals surface area contributed by atoms with Gasteiger partial charge in [-0.3, -0.25) is 9.89 Å². The molecule has 0 aliphatic rings. The first-order valence-corrected chi connectivity index (χ1v) is 8.38. The normalized spacial score (nSPS) is 12.4. The van der Waals surface area contributed by atoms with Crippen molar-refractivity contribution < 1.29 is 0 Å². The monoisotopic (exact) mass is 356 g/mol. The van der Waals surface area contributed by atoms with Gasteiger partial charge in [-0.15, -0.1) is 11.3 Å². The molecule has 0 aromatic carbocycles. The molecule has 128 valence electrons. The molecule has 0 spiro atoms. The molecule has 4 aromatic heterocycles. The highest BCUT2D eigenvalue weighted by atomic mass is 32.1. The number of hydrogen-bond acceptors (Lipinski definition) is 7. The Hall–Kier alpha value is -3.14. The van der Waals surface area contributed by atoms with Gasteiger partial charge in [0.05, 0.1) is 23.1 Å². The molecule has 0 saturated carbocycles. The highest BCUT2D eigenvalue weighted by Crippen LogP contribution is 2.31. The molecule has 0 saturated heterocycles. The van der Waals surface area contributed by atoms with Crippen molar-refractivity contribution in [3.63, 3.8) is 0 Å². The summed E-state index contributed by atoms with van der Waals surface area (Å²) < 4.78 is 4.14. The molecule has 4 heterocycles. The highest BCUT2D eigenvalue weighted by Gasteiger charge is 2.18. The van der Waals surface area contributed by atoms with Gasteiger partial charge in [-0.1, -0.05) is 0 Å². The lowest BCUT2D eigenvalue weighted by molar-refractivity contribution is 0.631. The number of H-pyrrole nitrogens is 1. The standard InChI is InChI=1S/C15H16N8OS/c1-22-12-10(13-14(22)20-11(25-13)4-8(17)5-16)6-19-23(15(12)24)7-9-2-3-18-21-9/h2-3,5-6H,4,7,16-17H2,1H3,(H,18,21)/b8-5-. The summed E-state index contributed by atoms with van der Waals surface area (Å²) in [5.41, 5.74) is 13.7. The van der Waals surface area contributed by atoms with Crippen LogP contribution in [0.3, 0.4) is 0 Å². The number of aryl methyl sites for hydroxylation is 1. The first-order chi connectivity index (χ1) is 12.1. The summed E-state index contributed by atoms with van der Waals surface area (Å²) in [5, 5.41) is 12.7. The molecule has 0 aliphatic heterocycles. The summed E-state index contributed by atoms with van der Waals surface area (Å²) in [6.45, 7) is 0.337. The number of hydrogen-bond donors (Lipinski definition) is 3.